The summed E-state index contributed by atoms with van der Waals surface area (Å²) in [5, 5.41) is 0. The van der Waals surface area contributed by atoms with Crippen molar-refractivity contribution < 1.29 is 9.53 Å². The predicted octanol–water partition coefficient (Wildman–Crippen LogP) is 3.89. The van der Waals surface area contributed by atoms with Gasteiger partial charge < -0.3 is 9.64 Å². The van der Waals surface area contributed by atoms with Crippen LogP contribution in [-0.2, 0) is 17.8 Å². The lowest BCUT2D eigenvalue weighted by Crippen LogP contribution is -2.34. The lowest BCUT2D eigenvalue weighted by molar-refractivity contribution is -0.133. The van der Waals surface area contributed by atoms with Crippen molar-refractivity contribution in [1.82, 2.24) is 14.8 Å². The van der Waals surface area contributed by atoms with Crippen molar-refractivity contribution in [3.05, 3.63) is 84.2 Å². The first kappa shape index (κ1) is 21.1. The molecule has 1 aromatic heterocycles. The Morgan fingerprint density at radius 3 is 2.39 bits per heavy atom. The zero-order valence-electron chi connectivity index (χ0n) is 18.2. The van der Waals surface area contributed by atoms with Gasteiger partial charge in [0.1, 0.15) is 5.75 Å². The van der Waals surface area contributed by atoms with Crippen LogP contribution in [0.4, 0.5) is 0 Å². The molecule has 0 spiro atoms. The summed E-state index contributed by atoms with van der Waals surface area (Å²) in [7, 11) is 3.59. The molecule has 0 N–H and O–H groups in total. The molecule has 1 saturated heterocycles. The molecule has 1 atom stereocenters. The molecule has 0 saturated carbocycles. The summed E-state index contributed by atoms with van der Waals surface area (Å²) in [5.74, 6) is 1.05. The molecule has 31 heavy (non-hydrogen) atoms. The van der Waals surface area contributed by atoms with Gasteiger partial charge in [0, 0.05) is 45.6 Å². The minimum Gasteiger partial charge on any atom is -0.497 e. The molecule has 3 aromatic rings. The molecule has 5 heteroatoms. The van der Waals surface area contributed by atoms with Gasteiger partial charge in [0.05, 0.1) is 13.0 Å². The van der Waals surface area contributed by atoms with Gasteiger partial charge >= 0.3 is 0 Å². The lowest BCUT2D eigenvalue weighted by Gasteiger charge is -2.23. The molecular weight excluding hydrogens is 386 g/mol. The second-order valence-corrected chi connectivity index (χ2v) is 8.18. The number of benzene rings is 2. The van der Waals surface area contributed by atoms with Crippen molar-refractivity contribution >= 4 is 5.91 Å². The van der Waals surface area contributed by atoms with Crippen LogP contribution in [0.3, 0.4) is 0 Å². The molecule has 2 aromatic carbocycles. The number of amides is 1. The van der Waals surface area contributed by atoms with Crippen molar-refractivity contribution in [2.45, 2.75) is 13.0 Å². The van der Waals surface area contributed by atoms with Gasteiger partial charge in [-0.05, 0) is 46.9 Å². The van der Waals surface area contributed by atoms with Crippen LogP contribution >= 0.6 is 0 Å². The quantitative estimate of drug-likeness (QED) is 0.613. The number of pyridine rings is 1. The van der Waals surface area contributed by atoms with Crippen LogP contribution in [0.1, 0.15) is 11.1 Å². The molecule has 1 amide bonds. The Morgan fingerprint density at radius 1 is 0.968 bits per heavy atom. The van der Waals surface area contributed by atoms with Gasteiger partial charge in [0.2, 0.25) is 5.91 Å². The second kappa shape index (κ2) is 9.75. The van der Waals surface area contributed by atoms with Crippen LogP contribution in [0.25, 0.3) is 11.1 Å². The smallest absolute Gasteiger partial charge is 0.227 e. The fraction of sp³-hybridized carbons (Fsp3) is 0.308. The molecule has 0 bridgehead atoms. The first-order valence-corrected chi connectivity index (χ1v) is 10.7. The third kappa shape index (κ3) is 5.30. The molecule has 1 aliphatic heterocycles. The summed E-state index contributed by atoms with van der Waals surface area (Å²) in [6.45, 7) is 3.23. The molecule has 4 rings (SSSR count). The van der Waals surface area contributed by atoms with Gasteiger partial charge in [0.15, 0.2) is 0 Å². The zero-order valence-corrected chi connectivity index (χ0v) is 18.2. The summed E-state index contributed by atoms with van der Waals surface area (Å²) in [6, 6.07) is 20.7. The highest BCUT2D eigenvalue weighted by atomic mass is 16.5. The molecule has 1 fully saturated rings. The molecule has 2 heterocycles. The average molecular weight is 416 g/mol. The number of hydrogen-bond donors (Lipinski definition) is 0. The van der Waals surface area contributed by atoms with Gasteiger partial charge in [-0.25, -0.2) is 0 Å². The fourth-order valence-corrected chi connectivity index (χ4v) is 4.13. The zero-order chi connectivity index (χ0) is 21.6. The SMILES string of the molecule is COc1ccc(CN2CCN(C)C(=O)C(Cc3ccc(-c4cccnc4)cc3)C2)cc1. The maximum absolute atomic E-state index is 13.0. The van der Waals surface area contributed by atoms with Crippen molar-refractivity contribution in [3.63, 3.8) is 0 Å². The highest BCUT2D eigenvalue weighted by Crippen LogP contribution is 2.22. The maximum Gasteiger partial charge on any atom is 0.227 e. The summed E-state index contributed by atoms with van der Waals surface area (Å²) in [5.41, 5.74) is 4.66. The standard InChI is InChI=1S/C26H29N3O2/c1-28-14-15-29(18-21-7-11-25(31-2)12-8-21)19-24(26(28)30)16-20-5-9-22(10-6-20)23-4-3-13-27-17-23/h3-13,17,24H,14-16,18-19H2,1-2H3. The van der Waals surface area contributed by atoms with Crippen LogP contribution in [0.2, 0.25) is 0 Å². The Balaban J connectivity index is 1.45. The van der Waals surface area contributed by atoms with Crippen molar-refractivity contribution in [2.24, 2.45) is 5.92 Å². The minimum absolute atomic E-state index is 0.0463. The molecule has 0 aliphatic carbocycles. The number of likely N-dealkylation sites (N-methyl/N-ethyl adjacent to an activating group) is 1. The molecule has 1 aliphatic rings. The van der Waals surface area contributed by atoms with Crippen molar-refractivity contribution in [3.8, 4) is 16.9 Å². The first-order chi connectivity index (χ1) is 15.1. The Labute approximate surface area is 184 Å². The van der Waals surface area contributed by atoms with E-state index in [9.17, 15) is 4.79 Å². The third-order valence-electron chi connectivity index (χ3n) is 5.95. The minimum atomic E-state index is -0.0463. The number of carbonyl (C=O) groups is 1. The van der Waals surface area contributed by atoms with E-state index in [4.69, 9.17) is 4.74 Å². The highest BCUT2D eigenvalue weighted by Gasteiger charge is 2.28. The predicted molar refractivity (Wildman–Crippen MR) is 123 cm³/mol. The van der Waals surface area contributed by atoms with E-state index in [1.165, 1.54) is 11.1 Å². The van der Waals surface area contributed by atoms with Gasteiger partial charge in [-0.2, -0.15) is 0 Å². The Hall–Kier alpha value is -3.18. The van der Waals surface area contributed by atoms with Crippen LogP contribution in [0.15, 0.2) is 73.1 Å². The Kier molecular flexibility index (Phi) is 6.63. The van der Waals surface area contributed by atoms with Gasteiger partial charge in [0.25, 0.3) is 0 Å². The van der Waals surface area contributed by atoms with Crippen LogP contribution in [0.5, 0.6) is 5.75 Å². The number of aromatic nitrogens is 1. The molecule has 5 nitrogen and oxygen atoms in total. The summed E-state index contributed by atoms with van der Waals surface area (Å²) in [6.07, 6.45) is 4.40. The summed E-state index contributed by atoms with van der Waals surface area (Å²) >= 11 is 0. The fourth-order valence-electron chi connectivity index (χ4n) is 4.13. The average Bonchev–Trinajstić information content (AvgIpc) is 2.94. The van der Waals surface area contributed by atoms with E-state index in [1.807, 2.05) is 36.3 Å². The van der Waals surface area contributed by atoms with Crippen LogP contribution < -0.4 is 4.74 Å². The van der Waals surface area contributed by atoms with E-state index < -0.39 is 0 Å². The number of methoxy groups -OCH3 is 1. The van der Waals surface area contributed by atoms with E-state index in [2.05, 4.69) is 52.3 Å². The van der Waals surface area contributed by atoms with Crippen molar-refractivity contribution in [2.75, 3.05) is 33.8 Å². The summed E-state index contributed by atoms with van der Waals surface area (Å²) in [4.78, 5) is 21.5. The summed E-state index contributed by atoms with van der Waals surface area (Å²) < 4.78 is 5.26. The molecule has 160 valence electrons. The number of ether oxygens (including phenoxy) is 1. The van der Waals surface area contributed by atoms with E-state index in [-0.39, 0.29) is 11.8 Å². The lowest BCUT2D eigenvalue weighted by atomic mass is 9.96. The number of hydrogen-bond acceptors (Lipinski definition) is 4. The van der Waals surface area contributed by atoms with Crippen LogP contribution in [0, 0.1) is 5.92 Å². The van der Waals surface area contributed by atoms with E-state index in [0.29, 0.717) is 0 Å². The van der Waals surface area contributed by atoms with Gasteiger partial charge in [-0.15, -0.1) is 0 Å². The topological polar surface area (TPSA) is 45.7 Å². The number of nitrogens with zero attached hydrogens (tertiary/aromatic N) is 3. The molecule has 1 unspecified atom stereocenters. The third-order valence-corrected chi connectivity index (χ3v) is 5.95. The van der Waals surface area contributed by atoms with Gasteiger partial charge in [-0.3, -0.25) is 14.7 Å². The van der Waals surface area contributed by atoms with E-state index >= 15 is 0 Å². The largest absolute Gasteiger partial charge is 0.497 e. The first-order valence-electron chi connectivity index (χ1n) is 10.7. The Morgan fingerprint density at radius 2 is 1.71 bits per heavy atom. The second-order valence-electron chi connectivity index (χ2n) is 8.18. The number of carbonyl (C=O) groups excluding carboxylic acids is 1. The van der Waals surface area contributed by atoms with Crippen LogP contribution in [-0.4, -0.2) is 54.5 Å². The normalized spacial score (nSPS) is 17.4. The highest BCUT2D eigenvalue weighted by molar-refractivity contribution is 5.79. The van der Waals surface area contributed by atoms with E-state index in [1.54, 1.807) is 13.3 Å². The van der Waals surface area contributed by atoms with E-state index in [0.717, 1.165) is 49.5 Å². The molecular formula is C26H29N3O2. The van der Waals surface area contributed by atoms with Gasteiger partial charge in [-0.1, -0.05) is 42.5 Å². The Bertz CT molecular complexity index is 987. The van der Waals surface area contributed by atoms with Crippen molar-refractivity contribution in [1.29, 1.82) is 0 Å². The molecule has 0 radical (unpaired) electrons. The maximum atomic E-state index is 13.0. The number of rotatable bonds is 6. The monoisotopic (exact) mass is 415 g/mol.